The van der Waals surface area contributed by atoms with Gasteiger partial charge >= 0.3 is 10.4 Å². The quantitative estimate of drug-likeness (QED) is 0.388. The molecule has 0 aromatic carbocycles. The molecule has 9 heavy (non-hydrogen) atoms. The number of hydrogen-bond donors (Lipinski definition) is 2. The van der Waals surface area contributed by atoms with Gasteiger partial charge in [0.05, 0.1) is 0 Å². The van der Waals surface area contributed by atoms with E-state index in [1.54, 1.807) is 0 Å². The number of hydroxylamine groups is 1. The SMILES string of the molecule is CC(=O)NOS(=O)(=O)O. The molecule has 0 fully saturated rings. The van der Waals surface area contributed by atoms with Crippen LogP contribution in [-0.4, -0.2) is 18.9 Å². The normalized spacial score (nSPS) is 10.9. The van der Waals surface area contributed by atoms with Crippen LogP contribution in [0.3, 0.4) is 0 Å². The van der Waals surface area contributed by atoms with Gasteiger partial charge in [-0.25, -0.2) is 5.48 Å². The molecule has 0 unspecified atom stereocenters. The Morgan fingerprint density at radius 3 is 2.22 bits per heavy atom. The molecular formula is C2H5NO5S. The van der Waals surface area contributed by atoms with Crippen LogP contribution in [-0.2, 0) is 19.5 Å². The molecule has 0 aliphatic carbocycles. The fourth-order valence-corrected chi connectivity index (χ4v) is 0.334. The Hall–Kier alpha value is -0.660. The third kappa shape index (κ3) is 7.34. The van der Waals surface area contributed by atoms with Crippen LogP contribution in [0.2, 0.25) is 0 Å². The van der Waals surface area contributed by atoms with Crippen LogP contribution < -0.4 is 5.48 Å². The van der Waals surface area contributed by atoms with Gasteiger partial charge in [-0.05, 0) is 0 Å². The standard InChI is InChI=1S/C2H5NO5S/c1-2(4)3-8-9(5,6)7/h1H3,(H,3,4)(H,5,6,7). The van der Waals surface area contributed by atoms with Gasteiger partial charge in [0, 0.05) is 6.92 Å². The molecule has 0 atom stereocenters. The van der Waals surface area contributed by atoms with Gasteiger partial charge in [-0.1, -0.05) is 0 Å². The van der Waals surface area contributed by atoms with Gasteiger partial charge in [0.1, 0.15) is 0 Å². The van der Waals surface area contributed by atoms with Crippen molar-refractivity contribution in [1.29, 1.82) is 0 Å². The molecule has 1 amide bonds. The Kier molecular flexibility index (Phi) is 2.56. The van der Waals surface area contributed by atoms with E-state index in [0.29, 0.717) is 0 Å². The molecule has 0 heterocycles. The molecule has 0 saturated carbocycles. The maximum absolute atomic E-state index is 9.88. The van der Waals surface area contributed by atoms with Crippen LogP contribution in [0.4, 0.5) is 0 Å². The molecule has 0 rings (SSSR count). The predicted octanol–water partition coefficient (Wildman–Crippen LogP) is -1.14. The molecule has 0 bridgehead atoms. The summed E-state index contributed by atoms with van der Waals surface area (Å²) in [5.74, 6) is -0.715. The maximum atomic E-state index is 9.88. The fourth-order valence-electron chi connectivity index (χ4n) is 0.111. The second-order valence-electron chi connectivity index (χ2n) is 1.17. The topological polar surface area (TPSA) is 92.7 Å². The van der Waals surface area contributed by atoms with E-state index < -0.39 is 16.3 Å². The minimum absolute atomic E-state index is 0.715. The lowest BCUT2D eigenvalue weighted by atomic mass is 10.8. The predicted molar refractivity (Wildman–Crippen MR) is 26.5 cm³/mol. The first-order valence-electron chi connectivity index (χ1n) is 1.84. The van der Waals surface area contributed by atoms with Crippen molar-refractivity contribution in [3.63, 3.8) is 0 Å². The Morgan fingerprint density at radius 2 is 2.11 bits per heavy atom. The molecule has 0 saturated heterocycles. The first-order valence-corrected chi connectivity index (χ1v) is 3.21. The molecule has 54 valence electrons. The zero-order valence-corrected chi connectivity index (χ0v) is 5.30. The number of hydrogen-bond acceptors (Lipinski definition) is 4. The zero-order valence-electron chi connectivity index (χ0n) is 4.49. The van der Waals surface area contributed by atoms with Gasteiger partial charge in [-0.3, -0.25) is 9.35 Å². The number of carbonyl (C=O) groups excluding carboxylic acids is 1. The highest BCUT2D eigenvalue weighted by Gasteiger charge is 2.03. The summed E-state index contributed by atoms with van der Waals surface area (Å²) < 4.78 is 30.5. The second-order valence-corrected chi connectivity index (χ2v) is 2.19. The Balaban J connectivity index is 3.67. The van der Waals surface area contributed by atoms with E-state index in [0.717, 1.165) is 6.92 Å². The minimum Gasteiger partial charge on any atom is -0.273 e. The molecule has 0 aliphatic heterocycles. The Morgan fingerprint density at radius 1 is 1.67 bits per heavy atom. The molecular weight excluding hydrogens is 150 g/mol. The summed E-state index contributed by atoms with van der Waals surface area (Å²) in [6, 6.07) is 0. The molecule has 6 nitrogen and oxygen atoms in total. The highest BCUT2D eigenvalue weighted by atomic mass is 32.3. The van der Waals surface area contributed by atoms with Gasteiger partial charge in [0.2, 0.25) is 5.91 Å². The van der Waals surface area contributed by atoms with Crippen LogP contribution in [0.15, 0.2) is 0 Å². The number of carbonyl (C=O) groups is 1. The van der Waals surface area contributed by atoms with Crippen molar-refractivity contribution in [3.8, 4) is 0 Å². The molecule has 0 aromatic rings. The van der Waals surface area contributed by atoms with Crippen LogP contribution in [0.5, 0.6) is 0 Å². The summed E-state index contributed by atoms with van der Waals surface area (Å²) in [7, 11) is -4.55. The van der Waals surface area contributed by atoms with Gasteiger partial charge in [0.15, 0.2) is 0 Å². The summed E-state index contributed by atoms with van der Waals surface area (Å²) in [6.07, 6.45) is 0. The summed E-state index contributed by atoms with van der Waals surface area (Å²) in [5, 5.41) is 0. The Labute approximate surface area is 51.7 Å². The van der Waals surface area contributed by atoms with Crippen LogP contribution >= 0.6 is 0 Å². The third-order valence-corrected chi connectivity index (χ3v) is 0.585. The van der Waals surface area contributed by atoms with Crippen LogP contribution in [0.1, 0.15) is 6.92 Å². The van der Waals surface area contributed by atoms with E-state index in [-0.39, 0.29) is 0 Å². The van der Waals surface area contributed by atoms with E-state index in [1.165, 1.54) is 5.48 Å². The van der Waals surface area contributed by atoms with Crippen LogP contribution in [0, 0.1) is 0 Å². The molecule has 0 aromatic heterocycles. The molecule has 2 N–H and O–H groups in total. The first kappa shape index (κ1) is 8.34. The lowest BCUT2D eigenvalue weighted by Crippen LogP contribution is -2.23. The highest BCUT2D eigenvalue weighted by Crippen LogP contribution is 1.78. The van der Waals surface area contributed by atoms with Crippen molar-refractivity contribution in [3.05, 3.63) is 0 Å². The van der Waals surface area contributed by atoms with Crippen molar-refractivity contribution in [2.24, 2.45) is 0 Å². The summed E-state index contributed by atoms with van der Waals surface area (Å²) in [6.45, 7) is 1.03. The van der Waals surface area contributed by atoms with Crippen molar-refractivity contribution in [1.82, 2.24) is 5.48 Å². The van der Waals surface area contributed by atoms with E-state index in [1.807, 2.05) is 0 Å². The Bertz CT molecular complexity index is 193. The molecule has 7 heteroatoms. The maximum Gasteiger partial charge on any atom is 0.418 e. The summed E-state index contributed by atoms with van der Waals surface area (Å²) >= 11 is 0. The van der Waals surface area contributed by atoms with E-state index >= 15 is 0 Å². The molecule has 0 radical (unpaired) electrons. The summed E-state index contributed by atoms with van der Waals surface area (Å²) in [5.41, 5.74) is 1.41. The molecule has 0 aliphatic rings. The van der Waals surface area contributed by atoms with E-state index in [4.69, 9.17) is 4.55 Å². The monoisotopic (exact) mass is 155 g/mol. The lowest BCUT2D eigenvalue weighted by molar-refractivity contribution is -0.125. The largest absolute Gasteiger partial charge is 0.418 e. The van der Waals surface area contributed by atoms with Crippen molar-refractivity contribution in [2.45, 2.75) is 6.92 Å². The number of rotatable bonds is 2. The van der Waals surface area contributed by atoms with Gasteiger partial charge in [-0.2, -0.15) is 8.42 Å². The smallest absolute Gasteiger partial charge is 0.273 e. The second kappa shape index (κ2) is 2.76. The van der Waals surface area contributed by atoms with Crippen LogP contribution in [0.25, 0.3) is 0 Å². The number of nitrogens with one attached hydrogen (secondary N) is 1. The number of amides is 1. The first-order chi connectivity index (χ1) is 3.92. The van der Waals surface area contributed by atoms with E-state index in [2.05, 4.69) is 4.28 Å². The average molecular weight is 155 g/mol. The zero-order chi connectivity index (χ0) is 7.49. The van der Waals surface area contributed by atoms with Gasteiger partial charge in [0.25, 0.3) is 0 Å². The van der Waals surface area contributed by atoms with Gasteiger partial charge in [-0.15, -0.1) is 4.28 Å². The fraction of sp³-hybridized carbons (Fsp3) is 0.500. The minimum atomic E-state index is -4.55. The van der Waals surface area contributed by atoms with Gasteiger partial charge < -0.3 is 0 Å². The average Bonchev–Trinajstić information content (AvgIpc) is 1.59. The van der Waals surface area contributed by atoms with Crippen molar-refractivity contribution in [2.75, 3.05) is 0 Å². The van der Waals surface area contributed by atoms with Crippen molar-refractivity contribution < 1.29 is 22.0 Å². The summed E-state index contributed by atoms with van der Waals surface area (Å²) in [4.78, 5) is 9.88. The highest BCUT2D eigenvalue weighted by molar-refractivity contribution is 7.80. The van der Waals surface area contributed by atoms with Crippen molar-refractivity contribution >= 4 is 16.3 Å². The lowest BCUT2D eigenvalue weighted by Gasteiger charge is -1.95. The molecule has 0 spiro atoms. The van der Waals surface area contributed by atoms with E-state index in [9.17, 15) is 13.2 Å². The third-order valence-electron chi connectivity index (χ3n) is 0.291.